The minimum Gasteiger partial charge on any atom is -0.497 e. The van der Waals surface area contributed by atoms with Crippen molar-refractivity contribution in [3.05, 3.63) is 70.7 Å². The lowest BCUT2D eigenvalue weighted by Gasteiger charge is -2.07. The van der Waals surface area contributed by atoms with Crippen molar-refractivity contribution in [1.82, 2.24) is 14.8 Å². The zero-order valence-electron chi connectivity index (χ0n) is 14.9. The van der Waals surface area contributed by atoms with E-state index in [4.69, 9.17) is 16.3 Å². The van der Waals surface area contributed by atoms with Crippen LogP contribution in [0.25, 0.3) is 27.6 Å². The summed E-state index contributed by atoms with van der Waals surface area (Å²) in [5, 5.41) is 6.56. The van der Waals surface area contributed by atoms with Gasteiger partial charge in [0.25, 0.3) is 0 Å². The number of aromatic nitrogens is 3. The Morgan fingerprint density at radius 2 is 1.59 bits per heavy atom. The number of hydrogen-bond donors (Lipinski definition) is 0. The average Bonchev–Trinajstić information content (AvgIpc) is 3.36. The lowest BCUT2D eigenvalue weighted by atomic mass is 10.1. The largest absolute Gasteiger partial charge is 0.497 e. The summed E-state index contributed by atoms with van der Waals surface area (Å²) in [5.41, 5.74) is 1.16. The van der Waals surface area contributed by atoms with Gasteiger partial charge < -0.3 is 4.74 Å². The number of methoxy groups -OCH3 is 1. The highest BCUT2D eigenvalue weighted by Gasteiger charge is 2.37. The molecule has 0 fully saturated rings. The Labute approximate surface area is 173 Å². The van der Waals surface area contributed by atoms with Gasteiger partial charge >= 0.3 is 6.18 Å². The number of ether oxygens (including phenoxy) is 1. The van der Waals surface area contributed by atoms with E-state index in [-0.39, 0.29) is 10.8 Å². The summed E-state index contributed by atoms with van der Waals surface area (Å²) >= 11 is 6.97. The van der Waals surface area contributed by atoms with Crippen LogP contribution in [0, 0.1) is 0 Å². The van der Waals surface area contributed by atoms with Crippen LogP contribution < -0.4 is 4.74 Å². The first kappa shape index (κ1) is 19.5. The fraction of sp³-hybridized carbons (Fsp3) is 0.100. The van der Waals surface area contributed by atoms with E-state index in [1.54, 1.807) is 53.9 Å². The second-order valence-electron chi connectivity index (χ2n) is 6.08. The third-order valence-corrected chi connectivity index (χ3v) is 5.27. The van der Waals surface area contributed by atoms with Gasteiger partial charge in [0.2, 0.25) is 5.13 Å². The molecular weight excluding hydrogens is 423 g/mol. The minimum atomic E-state index is -4.58. The number of hydrogen-bond acceptors (Lipinski definition) is 4. The number of alkyl halides is 3. The van der Waals surface area contributed by atoms with Gasteiger partial charge in [-0.1, -0.05) is 23.7 Å². The molecule has 0 saturated carbocycles. The summed E-state index contributed by atoms with van der Waals surface area (Å²) in [5.74, 6) is 0.608. The van der Waals surface area contributed by atoms with Crippen LogP contribution in [-0.4, -0.2) is 21.9 Å². The molecule has 2 aromatic heterocycles. The quantitative estimate of drug-likeness (QED) is 0.375. The highest BCUT2D eigenvalue weighted by Crippen LogP contribution is 2.36. The van der Waals surface area contributed by atoms with E-state index in [1.807, 2.05) is 0 Å². The van der Waals surface area contributed by atoms with Crippen molar-refractivity contribution >= 4 is 22.9 Å². The summed E-state index contributed by atoms with van der Waals surface area (Å²) in [4.78, 5) is 4.34. The van der Waals surface area contributed by atoms with Crippen LogP contribution in [0.5, 0.6) is 5.75 Å². The van der Waals surface area contributed by atoms with Crippen molar-refractivity contribution in [2.24, 2.45) is 0 Å². The van der Waals surface area contributed by atoms with E-state index in [9.17, 15) is 13.2 Å². The molecule has 0 aliphatic rings. The zero-order chi connectivity index (χ0) is 20.6. The Morgan fingerprint density at radius 3 is 2.21 bits per heavy atom. The van der Waals surface area contributed by atoms with Crippen molar-refractivity contribution in [3.63, 3.8) is 0 Å². The Kier molecular flexibility index (Phi) is 5.06. The maximum atomic E-state index is 13.6. The van der Waals surface area contributed by atoms with Crippen LogP contribution in [0.4, 0.5) is 13.2 Å². The van der Waals surface area contributed by atoms with Crippen molar-refractivity contribution < 1.29 is 17.9 Å². The van der Waals surface area contributed by atoms with E-state index in [0.717, 1.165) is 27.6 Å². The van der Waals surface area contributed by atoms with E-state index in [1.165, 1.54) is 7.11 Å². The fourth-order valence-corrected chi connectivity index (χ4v) is 3.67. The van der Waals surface area contributed by atoms with E-state index >= 15 is 0 Å². The molecule has 0 spiro atoms. The maximum Gasteiger partial charge on any atom is 0.433 e. The fourth-order valence-electron chi connectivity index (χ4n) is 2.75. The Bertz CT molecular complexity index is 1140. The van der Waals surface area contributed by atoms with E-state index in [2.05, 4.69) is 10.1 Å². The third kappa shape index (κ3) is 3.99. The second-order valence-corrected chi connectivity index (χ2v) is 7.35. The second kappa shape index (κ2) is 7.53. The predicted octanol–water partition coefficient (Wildman–Crippen LogP) is 6.34. The first-order valence-electron chi connectivity index (χ1n) is 8.38. The molecule has 0 N–H and O–H groups in total. The van der Waals surface area contributed by atoms with Gasteiger partial charge in [0.1, 0.15) is 5.75 Å². The van der Waals surface area contributed by atoms with Crippen LogP contribution in [0.3, 0.4) is 0 Å². The van der Waals surface area contributed by atoms with Crippen LogP contribution >= 0.6 is 22.9 Å². The first-order chi connectivity index (χ1) is 13.8. The van der Waals surface area contributed by atoms with Gasteiger partial charge in [-0.25, -0.2) is 9.67 Å². The molecule has 0 bridgehead atoms. The first-order valence-corrected chi connectivity index (χ1v) is 9.64. The standard InChI is InChI=1S/C20H13ClF3N3OS/c1-28-15-8-4-12(5-9-15)16-10-18(20(22,23)24)27(26-16)19-25-17(11-29-19)13-2-6-14(21)7-3-13/h2-11H,1H3. The van der Waals surface area contributed by atoms with Crippen LogP contribution in [0.2, 0.25) is 5.02 Å². The molecule has 9 heteroatoms. The van der Waals surface area contributed by atoms with Gasteiger partial charge in [-0.3, -0.25) is 0 Å². The molecule has 2 aromatic carbocycles. The van der Waals surface area contributed by atoms with Crippen molar-refractivity contribution in [2.75, 3.05) is 7.11 Å². The van der Waals surface area contributed by atoms with Gasteiger partial charge in [-0.05, 0) is 42.5 Å². The molecule has 0 unspecified atom stereocenters. The van der Waals surface area contributed by atoms with Crippen LogP contribution in [0.1, 0.15) is 5.69 Å². The average molecular weight is 436 g/mol. The normalized spacial score (nSPS) is 11.6. The predicted molar refractivity (Wildman–Crippen MR) is 107 cm³/mol. The number of nitrogens with zero attached hydrogens (tertiary/aromatic N) is 3. The molecule has 0 aliphatic carbocycles. The van der Waals surface area contributed by atoms with Gasteiger partial charge in [0.15, 0.2) is 5.69 Å². The van der Waals surface area contributed by atoms with Crippen molar-refractivity contribution in [2.45, 2.75) is 6.18 Å². The van der Waals surface area contributed by atoms with Gasteiger partial charge in [0.05, 0.1) is 18.5 Å². The molecule has 0 saturated heterocycles. The molecule has 4 aromatic rings. The lowest BCUT2D eigenvalue weighted by Crippen LogP contribution is -2.13. The smallest absolute Gasteiger partial charge is 0.433 e. The number of thiazole rings is 1. The molecular formula is C20H13ClF3N3OS. The monoisotopic (exact) mass is 435 g/mol. The van der Waals surface area contributed by atoms with Crippen molar-refractivity contribution in [1.29, 1.82) is 0 Å². The topological polar surface area (TPSA) is 39.9 Å². The summed E-state index contributed by atoms with van der Waals surface area (Å²) in [7, 11) is 1.52. The number of halogens is 4. The van der Waals surface area contributed by atoms with Crippen molar-refractivity contribution in [3.8, 4) is 33.4 Å². The molecule has 0 amide bonds. The number of benzene rings is 2. The number of rotatable bonds is 4. The summed E-state index contributed by atoms with van der Waals surface area (Å²) in [6.07, 6.45) is -4.58. The third-order valence-electron chi connectivity index (χ3n) is 4.20. The minimum absolute atomic E-state index is 0.127. The summed E-state index contributed by atoms with van der Waals surface area (Å²) < 4.78 is 46.8. The molecule has 4 nitrogen and oxygen atoms in total. The molecule has 0 aliphatic heterocycles. The lowest BCUT2D eigenvalue weighted by molar-refractivity contribution is -0.142. The van der Waals surface area contributed by atoms with E-state index < -0.39 is 11.9 Å². The summed E-state index contributed by atoms with van der Waals surface area (Å²) in [6, 6.07) is 14.6. The Balaban J connectivity index is 1.76. The van der Waals surface area contributed by atoms with E-state index in [0.29, 0.717) is 22.0 Å². The molecule has 4 rings (SSSR count). The van der Waals surface area contributed by atoms with Gasteiger partial charge in [0, 0.05) is 21.5 Å². The zero-order valence-corrected chi connectivity index (χ0v) is 16.5. The SMILES string of the molecule is COc1ccc(-c2cc(C(F)(F)F)n(-c3nc(-c4ccc(Cl)cc4)cs3)n2)cc1. The highest BCUT2D eigenvalue weighted by atomic mass is 35.5. The molecule has 29 heavy (non-hydrogen) atoms. The van der Waals surface area contributed by atoms with Gasteiger partial charge in [-0.2, -0.15) is 18.3 Å². The highest BCUT2D eigenvalue weighted by molar-refractivity contribution is 7.12. The van der Waals surface area contributed by atoms with Gasteiger partial charge in [-0.15, -0.1) is 11.3 Å². The Morgan fingerprint density at radius 1 is 0.966 bits per heavy atom. The van der Waals surface area contributed by atoms with Crippen LogP contribution in [0.15, 0.2) is 60.0 Å². The molecule has 0 atom stereocenters. The molecule has 0 radical (unpaired) electrons. The molecule has 148 valence electrons. The van der Waals surface area contributed by atoms with Crippen LogP contribution in [-0.2, 0) is 6.18 Å². The summed E-state index contributed by atoms with van der Waals surface area (Å²) in [6.45, 7) is 0. The Hall–Kier alpha value is -2.84. The maximum absolute atomic E-state index is 13.6. The molecule has 2 heterocycles.